The second kappa shape index (κ2) is 32.3. The van der Waals surface area contributed by atoms with Crippen LogP contribution in [0.3, 0.4) is 0 Å². The molecule has 0 amide bonds. The van der Waals surface area contributed by atoms with Crippen LogP contribution in [0.5, 0.6) is 5.75 Å². The molecule has 1 aromatic carbocycles. The van der Waals surface area contributed by atoms with E-state index in [1.165, 1.54) is 0 Å². The fourth-order valence-electron chi connectivity index (χ4n) is 3.11. The van der Waals surface area contributed by atoms with Gasteiger partial charge >= 0.3 is 0 Å². The fourth-order valence-corrected chi connectivity index (χ4v) is 3.11. The Morgan fingerprint density at radius 3 is 0.929 bits per heavy atom. The largest absolute Gasteiger partial charge is 0.491 e. The minimum Gasteiger partial charge on any atom is -0.491 e. The van der Waals surface area contributed by atoms with E-state index in [9.17, 15) is 0 Å². The maximum Gasteiger partial charge on any atom is 0.119 e. The highest BCUT2D eigenvalue weighted by Gasteiger charge is 1.97. The summed E-state index contributed by atoms with van der Waals surface area (Å²) in [4.78, 5) is 0. The smallest absolute Gasteiger partial charge is 0.119 e. The van der Waals surface area contributed by atoms with Gasteiger partial charge < -0.3 is 57.8 Å². The summed E-state index contributed by atoms with van der Waals surface area (Å²) in [5, 5.41) is 0. The van der Waals surface area contributed by atoms with E-state index in [1.54, 1.807) is 12.1 Å². The van der Waals surface area contributed by atoms with Crippen molar-refractivity contribution in [1.29, 1.82) is 0 Å². The number of anilines is 1. The Balaban J connectivity index is 1.63. The molecule has 0 heterocycles. The Labute approximate surface area is 252 Å². The molecule has 0 spiro atoms. The van der Waals surface area contributed by atoms with Gasteiger partial charge in [0.25, 0.3) is 0 Å². The summed E-state index contributed by atoms with van der Waals surface area (Å²) in [6.07, 6.45) is 2.24. The molecule has 0 fully saturated rings. The number of hydrogen-bond donors (Lipinski definition) is 1. The predicted octanol–water partition coefficient (Wildman–Crippen LogP) is 2.61. The van der Waals surface area contributed by atoms with Crippen molar-refractivity contribution in [1.82, 2.24) is 0 Å². The standard InChI is InChI=1S/C30H55NO11/c1-2-3-8-32-9-10-33-11-12-34-13-14-35-15-16-36-17-18-37-19-20-38-21-22-39-23-24-40-25-26-41-27-28-42-30-6-4-29(31)5-7-30/h4-7H,2-3,8-28,31H2,1H3. The zero-order chi connectivity index (χ0) is 30.0. The monoisotopic (exact) mass is 605 g/mol. The van der Waals surface area contributed by atoms with Crippen LogP contribution in [0.4, 0.5) is 5.69 Å². The van der Waals surface area contributed by atoms with Crippen LogP contribution < -0.4 is 10.5 Å². The number of nitrogen functional groups attached to an aromatic ring is 1. The first-order chi connectivity index (χ1) is 20.8. The molecule has 1 aromatic rings. The summed E-state index contributed by atoms with van der Waals surface area (Å²) in [5.74, 6) is 0.774. The van der Waals surface area contributed by atoms with Crippen LogP contribution in [-0.4, -0.2) is 139 Å². The van der Waals surface area contributed by atoms with Crippen LogP contribution >= 0.6 is 0 Å². The zero-order valence-electron chi connectivity index (χ0n) is 25.6. The van der Waals surface area contributed by atoms with Gasteiger partial charge in [0.05, 0.1) is 126 Å². The Morgan fingerprint density at radius 1 is 0.381 bits per heavy atom. The molecule has 12 heteroatoms. The average Bonchev–Trinajstić information content (AvgIpc) is 3.00. The molecule has 0 aliphatic rings. The summed E-state index contributed by atoms with van der Waals surface area (Å²) in [5.41, 5.74) is 6.35. The van der Waals surface area contributed by atoms with Crippen LogP contribution in [-0.2, 0) is 47.4 Å². The quantitative estimate of drug-likeness (QED) is 0.0916. The van der Waals surface area contributed by atoms with Gasteiger partial charge in [-0.25, -0.2) is 0 Å². The third-order valence-corrected chi connectivity index (χ3v) is 5.37. The first-order valence-corrected chi connectivity index (χ1v) is 15.1. The van der Waals surface area contributed by atoms with Crippen molar-refractivity contribution in [2.45, 2.75) is 19.8 Å². The Bertz CT molecular complexity index is 655. The highest BCUT2D eigenvalue weighted by atomic mass is 16.6. The molecule has 0 aromatic heterocycles. The van der Waals surface area contributed by atoms with Gasteiger partial charge in [-0.1, -0.05) is 13.3 Å². The molecule has 0 aliphatic heterocycles. The number of hydrogen-bond acceptors (Lipinski definition) is 12. The van der Waals surface area contributed by atoms with Crippen LogP contribution in [0.2, 0.25) is 0 Å². The zero-order valence-corrected chi connectivity index (χ0v) is 25.6. The number of ether oxygens (including phenoxy) is 11. The molecule has 12 nitrogen and oxygen atoms in total. The van der Waals surface area contributed by atoms with Gasteiger partial charge in [0.1, 0.15) is 12.4 Å². The van der Waals surface area contributed by atoms with Gasteiger partial charge in [-0.3, -0.25) is 0 Å². The van der Waals surface area contributed by atoms with E-state index in [1.807, 2.05) is 12.1 Å². The van der Waals surface area contributed by atoms with Gasteiger partial charge in [-0.15, -0.1) is 0 Å². The molecule has 246 valence electrons. The van der Waals surface area contributed by atoms with Gasteiger partial charge in [-0.2, -0.15) is 0 Å². The summed E-state index contributed by atoms with van der Waals surface area (Å²) in [6, 6.07) is 7.27. The topological polar surface area (TPSA) is 128 Å². The Hall–Kier alpha value is -1.58. The normalized spacial score (nSPS) is 11.4. The second-order valence-electron chi connectivity index (χ2n) is 8.89. The lowest BCUT2D eigenvalue weighted by Gasteiger charge is -2.09. The third-order valence-electron chi connectivity index (χ3n) is 5.37. The summed E-state index contributed by atoms with van der Waals surface area (Å²) >= 11 is 0. The minimum atomic E-state index is 0.479. The third kappa shape index (κ3) is 28.5. The first-order valence-electron chi connectivity index (χ1n) is 15.1. The molecule has 1 rings (SSSR count). The molecular formula is C30H55NO11. The van der Waals surface area contributed by atoms with E-state index in [-0.39, 0.29) is 0 Å². The van der Waals surface area contributed by atoms with Crippen LogP contribution in [0.25, 0.3) is 0 Å². The first kappa shape index (κ1) is 38.4. The summed E-state index contributed by atoms with van der Waals surface area (Å²) < 4.78 is 60.2. The van der Waals surface area contributed by atoms with Crippen molar-refractivity contribution in [3.8, 4) is 5.75 Å². The fraction of sp³-hybridized carbons (Fsp3) is 0.800. The van der Waals surface area contributed by atoms with E-state index in [0.29, 0.717) is 138 Å². The Morgan fingerprint density at radius 2 is 0.643 bits per heavy atom. The molecule has 0 bridgehead atoms. The lowest BCUT2D eigenvalue weighted by molar-refractivity contribution is -0.0267. The van der Waals surface area contributed by atoms with Gasteiger partial charge in [0.2, 0.25) is 0 Å². The van der Waals surface area contributed by atoms with Crippen molar-refractivity contribution in [2.75, 3.05) is 144 Å². The van der Waals surface area contributed by atoms with E-state index < -0.39 is 0 Å². The SMILES string of the molecule is CCCCOCCOCCOCCOCCOCCOCCOCCOCCOCCOCCOc1ccc(N)cc1. The van der Waals surface area contributed by atoms with Crippen molar-refractivity contribution in [3.63, 3.8) is 0 Å². The van der Waals surface area contributed by atoms with Crippen molar-refractivity contribution in [2.24, 2.45) is 0 Å². The number of benzene rings is 1. The number of rotatable bonds is 34. The molecule has 2 N–H and O–H groups in total. The molecule has 0 saturated carbocycles. The van der Waals surface area contributed by atoms with Crippen molar-refractivity contribution >= 4 is 5.69 Å². The van der Waals surface area contributed by atoms with E-state index >= 15 is 0 Å². The van der Waals surface area contributed by atoms with Crippen LogP contribution in [0.15, 0.2) is 24.3 Å². The van der Waals surface area contributed by atoms with Gasteiger partial charge in [-0.05, 0) is 30.7 Å². The Kier molecular flexibility index (Phi) is 29.6. The molecule has 0 aliphatic carbocycles. The maximum atomic E-state index is 5.64. The average molecular weight is 606 g/mol. The number of unbranched alkanes of at least 4 members (excludes halogenated alkanes) is 1. The summed E-state index contributed by atoms with van der Waals surface area (Å²) in [6.45, 7) is 13.5. The molecule has 0 radical (unpaired) electrons. The van der Waals surface area contributed by atoms with Crippen LogP contribution in [0, 0.1) is 0 Å². The second-order valence-corrected chi connectivity index (χ2v) is 8.89. The lowest BCUT2D eigenvalue weighted by Crippen LogP contribution is -2.15. The number of nitrogens with two attached hydrogens (primary N) is 1. The molecule has 0 unspecified atom stereocenters. The van der Waals surface area contributed by atoms with Crippen LogP contribution in [0.1, 0.15) is 19.8 Å². The molecule has 42 heavy (non-hydrogen) atoms. The molecule has 0 saturated heterocycles. The van der Waals surface area contributed by atoms with Gasteiger partial charge in [0, 0.05) is 12.3 Å². The van der Waals surface area contributed by atoms with Crippen molar-refractivity contribution < 1.29 is 52.1 Å². The highest BCUT2D eigenvalue weighted by molar-refractivity contribution is 5.41. The molecular weight excluding hydrogens is 550 g/mol. The molecule has 0 atom stereocenters. The van der Waals surface area contributed by atoms with E-state index in [2.05, 4.69) is 6.92 Å². The predicted molar refractivity (Wildman–Crippen MR) is 159 cm³/mol. The summed E-state index contributed by atoms with van der Waals surface area (Å²) in [7, 11) is 0. The lowest BCUT2D eigenvalue weighted by atomic mass is 10.3. The van der Waals surface area contributed by atoms with Crippen molar-refractivity contribution in [3.05, 3.63) is 24.3 Å². The highest BCUT2D eigenvalue weighted by Crippen LogP contribution is 2.12. The van der Waals surface area contributed by atoms with E-state index in [4.69, 9.17) is 57.8 Å². The minimum absolute atomic E-state index is 0.479. The van der Waals surface area contributed by atoms with E-state index in [0.717, 1.165) is 25.2 Å². The maximum absolute atomic E-state index is 5.64. The van der Waals surface area contributed by atoms with Gasteiger partial charge in [0.15, 0.2) is 0 Å².